The van der Waals surface area contributed by atoms with Crippen LogP contribution in [0.25, 0.3) is 0 Å². The van der Waals surface area contributed by atoms with Crippen LogP contribution in [0.3, 0.4) is 0 Å². The molecule has 2 nitrogen and oxygen atoms in total. The van der Waals surface area contributed by atoms with Crippen molar-refractivity contribution < 1.29 is 4.79 Å². The minimum atomic E-state index is -0.193. The standard InChI is InChI=1S/C14H16Cl3NO/c15-10-5-6-13(17)11(7-10)14(19)18-8-9-3-1-2-4-12(9)16/h5-7,9,12H,1-4,8H2,(H,18,19). The van der Waals surface area contributed by atoms with Crippen molar-refractivity contribution in [3.63, 3.8) is 0 Å². The Kier molecular flexibility index (Phi) is 5.37. The van der Waals surface area contributed by atoms with Crippen LogP contribution in [0, 0.1) is 5.92 Å². The lowest BCUT2D eigenvalue weighted by Gasteiger charge is -2.27. The minimum Gasteiger partial charge on any atom is -0.352 e. The summed E-state index contributed by atoms with van der Waals surface area (Å²) in [4.78, 5) is 12.1. The van der Waals surface area contributed by atoms with E-state index in [-0.39, 0.29) is 11.3 Å². The second kappa shape index (κ2) is 6.83. The van der Waals surface area contributed by atoms with Crippen molar-refractivity contribution in [2.24, 2.45) is 5.92 Å². The molecule has 0 bridgehead atoms. The summed E-state index contributed by atoms with van der Waals surface area (Å²) in [6, 6.07) is 4.87. The molecule has 0 aromatic heterocycles. The Hall–Kier alpha value is -0.440. The lowest BCUT2D eigenvalue weighted by Crippen LogP contribution is -2.34. The molecule has 1 N–H and O–H groups in total. The van der Waals surface area contributed by atoms with Crippen molar-refractivity contribution >= 4 is 40.7 Å². The molecule has 1 aromatic carbocycles. The number of hydrogen-bond acceptors (Lipinski definition) is 1. The number of benzene rings is 1. The molecule has 1 aliphatic carbocycles. The maximum Gasteiger partial charge on any atom is 0.252 e. The molecule has 2 atom stereocenters. The van der Waals surface area contributed by atoms with Gasteiger partial charge in [0.15, 0.2) is 0 Å². The summed E-state index contributed by atoms with van der Waals surface area (Å²) < 4.78 is 0. The third-order valence-electron chi connectivity index (χ3n) is 3.51. The van der Waals surface area contributed by atoms with Crippen LogP contribution in [-0.2, 0) is 0 Å². The summed E-state index contributed by atoms with van der Waals surface area (Å²) >= 11 is 18.1. The maximum atomic E-state index is 12.1. The van der Waals surface area contributed by atoms with E-state index in [1.807, 2.05) is 0 Å². The van der Waals surface area contributed by atoms with Crippen LogP contribution < -0.4 is 5.32 Å². The SMILES string of the molecule is O=C(NCC1CCCCC1Cl)c1cc(Cl)ccc1Cl. The number of amides is 1. The fraction of sp³-hybridized carbons (Fsp3) is 0.500. The zero-order valence-corrected chi connectivity index (χ0v) is 12.7. The molecule has 1 amide bonds. The van der Waals surface area contributed by atoms with E-state index in [0.29, 0.717) is 28.1 Å². The smallest absolute Gasteiger partial charge is 0.252 e. The van der Waals surface area contributed by atoms with Gasteiger partial charge < -0.3 is 5.32 Å². The van der Waals surface area contributed by atoms with E-state index in [9.17, 15) is 4.79 Å². The molecule has 1 saturated carbocycles. The Morgan fingerprint density at radius 3 is 2.74 bits per heavy atom. The third-order valence-corrected chi connectivity index (χ3v) is 4.65. The predicted molar refractivity (Wildman–Crippen MR) is 80.4 cm³/mol. The summed E-state index contributed by atoms with van der Waals surface area (Å²) in [5.41, 5.74) is 0.413. The highest BCUT2D eigenvalue weighted by molar-refractivity contribution is 6.35. The fourth-order valence-electron chi connectivity index (χ4n) is 2.38. The van der Waals surface area contributed by atoms with Crippen LogP contribution in [0.4, 0.5) is 0 Å². The van der Waals surface area contributed by atoms with Gasteiger partial charge in [-0.2, -0.15) is 0 Å². The van der Waals surface area contributed by atoms with E-state index in [2.05, 4.69) is 5.32 Å². The lowest BCUT2D eigenvalue weighted by molar-refractivity contribution is 0.0944. The summed E-state index contributed by atoms with van der Waals surface area (Å²) in [5.74, 6) is 0.152. The van der Waals surface area contributed by atoms with Crippen molar-refractivity contribution in [2.75, 3.05) is 6.54 Å². The summed E-state index contributed by atoms with van der Waals surface area (Å²) in [6.45, 7) is 0.593. The Balaban J connectivity index is 1.95. The summed E-state index contributed by atoms with van der Waals surface area (Å²) in [6.07, 6.45) is 4.46. The van der Waals surface area contributed by atoms with Crippen molar-refractivity contribution in [1.82, 2.24) is 5.32 Å². The lowest BCUT2D eigenvalue weighted by atomic mass is 9.88. The molecule has 0 radical (unpaired) electrons. The Labute approximate surface area is 128 Å². The molecule has 0 aliphatic heterocycles. The van der Waals surface area contributed by atoms with E-state index in [1.54, 1.807) is 18.2 Å². The molecule has 0 spiro atoms. The molecule has 1 fully saturated rings. The van der Waals surface area contributed by atoms with Gasteiger partial charge >= 0.3 is 0 Å². The van der Waals surface area contributed by atoms with Gasteiger partial charge in [-0.25, -0.2) is 0 Å². The normalized spacial score (nSPS) is 23.1. The molecule has 2 unspecified atom stereocenters. The van der Waals surface area contributed by atoms with Crippen LogP contribution in [0.15, 0.2) is 18.2 Å². The van der Waals surface area contributed by atoms with Gasteiger partial charge in [-0.05, 0) is 37.0 Å². The van der Waals surface area contributed by atoms with Gasteiger partial charge in [0.2, 0.25) is 0 Å². The quantitative estimate of drug-likeness (QED) is 0.815. The van der Waals surface area contributed by atoms with Gasteiger partial charge in [0.25, 0.3) is 5.91 Å². The first-order valence-corrected chi connectivity index (χ1v) is 7.64. The average molecular weight is 321 g/mol. The number of carbonyl (C=O) groups is 1. The van der Waals surface area contributed by atoms with Crippen molar-refractivity contribution in [1.29, 1.82) is 0 Å². The van der Waals surface area contributed by atoms with Crippen LogP contribution in [0.2, 0.25) is 10.0 Å². The van der Waals surface area contributed by atoms with Crippen LogP contribution >= 0.6 is 34.8 Å². The van der Waals surface area contributed by atoms with E-state index >= 15 is 0 Å². The number of alkyl halides is 1. The number of nitrogens with one attached hydrogen (secondary N) is 1. The molecule has 2 rings (SSSR count). The summed E-state index contributed by atoms with van der Waals surface area (Å²) in [5, 5.41) is 3.97. The van der Waals surface area contributed by atoms with E-state index in [0.717, 1.165) is 12.8 Å². The van der Waals surface area contributed by atoms with Crippen LogP contribution in [-0.4, -0.2) is 17.8 Å². The van der Waals surface area contributed by atoms with Crippen molar-refractivity contribution in [3.05, 3.63) is 33.8 Å². The number of rotatable bonds is 3. The van der Waals surface area contributed by atoms with Crippen LogP contribution in [0.5, 0.6) is 0 Å². The molecule has 5 heteroatoms. The molecule has 0 saturated heterocycles. The average Bonchev–Trinajstić information content (AvgIpc) is 2.40. The number of hydrogen-bond donors (Lipinski definition) is 1. The van der Waals surface area contributed by atoms with Gasteiger partial charge in [0.05, 0.1) is 10.6 Å². The van der Waals surface area contributed by atoms with Gasteiger partial charge in [0, 0.05) is 16.9 Å². The van der Waals surface area contributed by atoms with E-state index in [1.165, 1.54) is 12.8 Å². The molecule has 104 valence electrons. The molecule has 1 aliphatic rings. The summed E-state index contributed by atoms with van der Waals surface area (Å²) in [7, 11) is 0. The highest BCUT2D eigenvalue weighted by Crippen LogP contribution is 2.28. The van der Waals surface area contributed by atoms with Gasteiger partial charge in [-0.15, -0.1) is 11.6 Å². The van der Waals surface area contributed by atoms with Gasteiger partial charge in [-0.1, -0.05) is 36.0 Å². The van der Waals surface area contributed by atoms with E-state index < -0.39 is 0 Å². The molecule has 1 aromatic rings. The zero-order chi connectivity index (χ0) is 13.8. The largest absolute Gasteiger partial charge is 0.352 e. The van der Waals surface area contributed by atoms with Crippen molar-refractivity contribution in [3.8, 4) is 0 Å². The Morgan fingerprint density at radius 1 is 1.26 bits per heavy atom. The monoisotopic (exact) mass is 319 g/mol. The topological polar surface area (TPSA) is 29.1 Å². The second-order valence-electron chi connectivity index (χ2n) is 4.89. The molecular formula is C14H16Cl3NO. The minimum absolute atomic E-state index is 0.156. The molecular weight excluding hydrogens is 305 g/mol. The van der Waals surface area contributed by atoms with Crippen molar-refractivity contribution in [2.45, 2.75) is 31.1 Å². The fourth-order valence-corrected chi connectivity index (χ4v) is 3.13. The van der Waals surface area contributed by atoms with Gasteiger partial charge in [-0.3, -0.25) is 4.79 Å². The van der Waals surface area contributed by atoms with E-state index in [4.69, 9.17) is 34.8 Å². The molecule has 0 heterocycles. The number of carbonyl (C=O) groups excluding carboxylic acids is 1. The Morgan fingerprint density at radius 2 is 2.00 bits per heavy atom. The molecule has 19 heavy (non-hydrogen) atoms. The number of halogens is 3. The van der Waals surface area contributed by atoms with Gasteiger partial charge in [0.1, 0.15) is 0 Å². The van der Waals surface area contributed by atoms with Crippen LogP contribution in [0.1, 0.15) is 36.0 Å². The third kappa shape index (κ3) is 4.01. The Bertz CT molecular complexity index is 464. The highest BCUT2D eigenvalue weighted by atomic mass is 35.5. The first kappa shape index (κ1) is 15.0. The first-order chi connectivity index (χ1) is 9.08. The predicted octanol–water partition coefficient (Wildman–Crippen LogP) is 4.52. The maximum absolute atomic E-state index is 12.1. The second-order valence-corrected chi connectivity index (χ2v) is 6.30. The first-order valence-electron chi connectivity index (χ1n) is 6.45. The zero-order valence-electron chi connectivity index (χ0n) is 10.5. The highest BCUT2D eigenvalue weighted by Gasteiger charge is 2.23.